The average molecular weight is 308 g/mol. The van der Waals surface area contributed by atoms with Crippen molar-refractivity contribution in [2.24, 2.45) is 5.16 Å². The average Bonchev–Trinajstić information content (AvgIpc) is 2.41. The van der Waals surface area contributed by atoms with Crippen LogP contribution in [0.25, 0.3) is 0 Å². The molecule has 0 atom stereocenters. The molecule has 0 unspecified atom stereocenters. The molecule has 1 aromatic carbocycles. The molecular formula is C12H12F4N2O3. The lowest BCUT2D eigenvalue weighted by Crippen LogP contribution is -2.36. The first-order valence-corrected chi connectivity index (χ1v) is 5.68. The minimum Gasteiger partial charge on any atom is -0.483 e. The van der Waals surface area contributed by atoms with Gasteiger partial charge in [-0.25, -0.2) is 4.39 Å². The number of rotatable bonds is 5. The van der Waals surface area contributed by atoms with Crippen LogP contribution in [-0.2, 0) is 4.79 Å². The maximum atomic E-state index is 13.1. The quantitative estimate of drug-likeness (QED) is 0.379. The molecule has 0 fully saturated rings. The molecule has 1 aromatic rings. The number of halogens is 4. The first kappa shape index (κ1) is 16.7. The van der Waals surface area contributed by atoms with Gasteiger partial charge in [-0.1, -0.05) is 5.16 Å². The number of nitrogens with one attached hydrogen (secondary N) is 1. The minimum atomic E-state index is -4.53. The minimum absolute atomic E-state index is 0.0979. The normalized spacial score (nSPS) is 12.1. The molecule has 0 bridgehead atoms. The summed E-state index contributed by atoms with van der Waals surface area (Å²) < 4.78 is 53.8. The highest BCUT2D eigenvalue weighted by Gasteiger charge is 2.27. The molecule has 1 rings (SSSR count). The van der Waals surface area contributed by atoms with Gasteiger partial charge in [0.2, 0.25) is 0 Å². The van der Waals surface area contributed by atoms with Crippen molar-refractivity contribution in [3.05, 3.63) is 29.6 Å². The summed E-state index contributed by atoms with van der Waals surface area (Å²) in [4.78, 5) is 11.2. The number of hydrogen-bond donors (Lipinski definition) is 2. The SMILES string of the molecule is CC(=NO)c1ccc(F)cc1OCC(=O)NCC(F)(F)F. The van der Waals surface area contributed by atoms with E-state index in [0.29, 0.717) is 0 Å². The number of carbonyl (C=O) groups excluding carboxylic acids is 1. The van der Waals surface area contributed by atoms with Crippen LogP contribution in [0, 0.1) is 5.82 Å². The van der Waals surface area contributed by atoms with Crippen LogP contribution in [-0.4, -0.2) is 36.2 Å². The molecule has 0 aliphatic rings. The lowest BCUT2D eigenvalue weighted by atomic mass is 10.1. The highest BCUT2D eigenvalue weighted by molar-refractivity contribution is 6.00. The van der Waals surface area contributed by atoms with Crippen molar-refractivity contribution in [2.75, 3.05) is 13.2 Å². The van der Waals surface area contributed by atoms with E-state index in [1.54, 1.807) is 5.32 Å². The van der Waals surface area contributed by atoms with Gasteiger partial charge in [-0.2, -0.15) is 13.2 Å². The van der Waals surface area contributed by atoms with E-state index in [0.717, 1.165) is 12.1 Å². The Hall–Kier alpha value is -2.32. The molecule has 2 N–H and O–H groups in total. The zero-order valence-electron chi connectivity index (χ0n) is 10.9. The number of benzene rings is 1. The summed E-state index contributed by atoms with van der Waals surface area (Å²) in [7, 11) is 0. The van der Waals surface area contributed by atoms with Crippen LogP contribution in [0.3, 0.4) is 0 Å². The number of hydrogen-bond acceptors (Lipinski definition) is 4. The van der Waals surface area contributed by atoms with Crippen molar-refractivity contribution >= 4 is 11.6 Å². The summed E-state index contributed by atoms with van der Waals surface area (Å²) in [6.45, 7) is -0.808. The van der Waals surface area contributed by atoms with E-state index in [9.17, 15) is 22.4 Å². The van der Waals surface area contributed by atoms with Gasteiger partial charge in [-0.15, -0.1) is 0 Å². The van der Waals surface area contributed by atoms with Crippen LogP contribution in [0.1, 0.15) is 12.5 Å². The zero-order chi connectivity index (χ0) is 16.0. The highest BCUT2D eigenvalue weighted by Crippen LogP contribution is 2.21. The molecule has 0 radical (unpaired) electrons. The van der Waals surface area contributed by atoms with Crippen LogP contribution in [0.5, 0.6) is 5.75 Å². The third kappa shape index (κ3) is 5.67. The Morgan fingerprint density at radius 3 is 2.67 bits per heavy atom. The molecule has 116 valence electrons. The zero-order valence-corrected chi connectivity index (χ0v) is 10.9. The second kappa shape index (κ2) is 6.91. The van der Waals surface area contributed by atoms with Crippen LogP contribution in [0.15, 0.2) is 23.4 Å². The summed E-state index contributed by atoms with van der Waals surface area (Å²) in [6.07, 6.45) is -4.53. The second-order valence-electron chi connectivity index (χ2n) is 4.01. The van der Waals surface area contributed by atoms with Gasteiger partial charge in [-0.3, -0.25) is 4.79 Å². The third-order valence-corrected chi connectivity index (χ3v) is 2.33. The second-order valence-corrected chi connectivity index (χ2v) is 4.01. The number of ether oxygens (including phenoxy) is 1. The van der Waals surface area contributed by atoms with Gasteiger partial charge < -0.3 is 15.3 Å². The lowest BCUT2D eigenvalue weighted by molar-refractivity contribution is -0.139. The van der Waals surface area contributed by atoms with Crippen LogP contribution in [0.4, 0.5) is 17.6 Å². The first-order valence-electron chi connectivity index (χ1n) is 5.68. The molecule has 0 saturated heterocycles. The van der Waals surface area contributed by atoms with Gasteiger partial charge in [0.05, 0.1) is 5.71 Å². The molecule has 9 heteroatoms. The maximum Gasteiger partial charge on any atom is 0.405 e. The molecule has 5 nitrogen and oxygen atoms in total. The molecule has 0 heterocycles. The van der Waals surface area contributed by atoms with E-state index in [4.69, 9.17) is 9.94 Å². The standard InChI is InChI=1S/C12H12F4N2O3/c1-7(18-20)9-3-2-8(13)4-10(9)21-5-11(19)17-6-12(14,15)16/h2-4,20H,5-6H2,1H3,(H,17,19). The van der Waals surface area contributed by atoms with E-state index in [2.05, 4.69) is 5.16 Å². The van der Waals surface area contributed by atoms with Gasteiger partial charge in [0.25, 0.3) is 5.91 Å². The van der Waals surface area contributed by atoms with Gasteiger partial charge >= 0.3 is 6.18 Å². The molecule has 1 amide bonds. The monoisotopic (exact) mass is 308 g/mol. The summed E-state index contributed by atoms with van der Waals surface area (Å²) in [6, 6.07) is 3.27. The van der Waals surface area contributed by atoms with Crippen molar-refractivity contribution in [2.45, 2.75) is 13.1 Å². The molecular weight excluding hydrogens is 296 g/mol. The van der Waals surface area contributed by atoms with E-state index in [1.807, 2.05) is 0 Å². The van der Waals surface area contributed by atoms with E-state index < -0.39 is 31.1 Å². The lowest BCUT2D eigenvalue weighted by Gasteiger charge is -2.12. The predicted molar refractivity (Wildman–Crippen MR) is 65.0 cm³/mol. The van der Waals surface area contributed by atoms with Crippen LogP contribution >= 0.6 is 0 Å². The largest absolute Gasteiger partial charge is 0.483 e. The first-order chi connectivity index (χ1) is 9.73. The number of oxime groups is 1. The number of nitrogens with zero attached hydrogens (tertiary/aromatic N) is 1. The van der Waals surface area contributed by atoms with E-state index in [-0.39, 0.29) is 17.0 Å². The summed E-state index contributed by atoms with van der Waals surface area (Å²) in [5.41, 5.74) is 0.309. The van der Waals surface area contributed by atoms with Crippen molar-refractivity contribution in [3.63, 3.8) is 0 Å². The summed E-state index contributed by atoms with van der Waals surface area (Å²) in [5, 5.41) is 13.2. The Bertz CT molecular complexity index is 544. The molecule has 0 aromatic heterocycles. The number of amides is 1. The fourth-order valence-electron chi connectivity index (χ4n) is 1.36. The van der Waals surface area contributed by atoms with Gasteiger partial charge in [-0.05, 0) is 19.1 Å². The van der Waals surface area contributed by atoms with Crippen LogP contribution < -0.4 is 10.1 Å². The Morgan fingerprint density at radius 2 is 2.10 bits per heavy atom. The van der Waals surface area contributed by atoms with E-state index >= 15 is 0 Å². The number of carbonyl (C=O) groups is 1. The molecule has 0 saturated carbocycles. The topological polar surface area (TPSA) is 70.9 Å². The van der Waals surface area contributed by atoms with Crippen molar-refractivity contribution in [1.29, 1.82) is 0 Å². The molecule has 0 aliphatic carbocycles. The Morgan fingerprint density at radius 1 is 1.43 bits per heavy atom. The molecule has 21 heavy (non-hydrogen) atoms. The van der Waals surface area contributed by atoms with E-state index in [1.165, 1.54) is 13.0 Å². The Kier molecular flexibility index (Phi) is 5.51. The third-order valence-electron chi connectivity index (χ3n) is 2.33. The predicted octanol–water partition coefficient (Wildman–Crippen LogP) is 2.08. The fourth-order valence-corrected chi connectivity index (χ4v) is 1.36. The van der Waals surface area contributed by atoms with Gasteiger partial charge in [0.15, 0.2) is 6.61 Å². The van der Waals surface area contributed by atoms with Crippen molar-refractivity contribution in [3.8, 4) is 5.75 Å². The Labute approximate surface area is 117 Å². The molecule has 0 spiro atoms. The van der Waals surface area contributed by atoms with Crippen molar-refractivity contribution < 1.29 is 32.3 Å². The van der Waals surface area contributed by atoms with Crippen molar-refractivity contribution in [1.82, 2.24) is 5.32 Å². The smallest absolute Gasteiger partial charge is 0.405 e. The summed E-state index contributed by atoms with van der Waals surface area (Å²) in [5.74, 6) is -1.80. The fraction of sp³-hybridized carbons (Fsp3) is 0.333. The molecule has 0 aliphatic heterocycles. The highest BCUT2D eigenvalue weighted by atomic mass is 19.4. The summed E-state index contributed by atoms with van der Waals surface area (Å²) >= 11 is 0. The Balaban J connectivity index is 2.71. The van der Waals surface area contributed by atoms with Crippen LogP contribution in [0.2, 0.25) is 0 Å². The number of alkyl halides is 3. The maximum absolute atomic E-state index is 13.1. The van der Waals surface area contributed by atoms with Gasteiger partial charge in [0.1, 0.15) is 18.1 Å². The van der Waals surface area contributed by atoms with Gasteiger partial charge in [0, 0.05) is 11.6 Å².